The van der Waals surface area contributed by atoms with Gasteiger partial charge in [-0.3, -0.25) is 4.79 Å². The van der Waals surface area contributed by atoms with Gasteiger partial charge in [-0.25, -0.2) is 13.1 Å². The van der Waals surface area contributed by atoms with Gasteiger partial charge in [0, 0.05) is 22.8 Å². The Kier molecular flexibility index (Phi) is 6.28. The van der Waals surface area contributed by atoms with Gasteiger partial charge in [0.2, 0.25) is 0 Å². The lowest BCUT2D eigenvalue weighted by molar-refractivity contribution is 0.102. The molecule has 5 aromatic rings. The third kappa shape index (κ3) is 5.26. The van der Waals surface area contributed by atoms with E-state index in [-0.39, 0.29) is 10.8 Å². The van der Waals surface area contributed by atoms with Crippen molar-refractivity contribution in [2.75, 3.05) is 11.1 Å². The van der Waals surface area contributed by atoms with E-state index in [2.05, 4.69) is 15.6 Å². The quantitative estimate of drug-likeness (QED) is 0.301. The van der Waals surface area contributed by atoms with Crippen LogP contribution < -0.4 is 11.1 Å². The topological polar surface area (TPSA) is 133 Å². The molecule has 0 bridgehead atoms. The minimum atomic E-state index is -3.58. The van der Waals surface area contributed by atoms with Gasteiger partial charge in [-0.2, -0.15) is 4.39 Å². The predicted molar refractivity (Wildman–Crippen MR) is 136 cm³/mol. The maximum atomic E-state index is 13.2. The first-order valence-electron chi connectivity index (χ1n) is 11.0. The van der Waals surface area contributed by atoms with Crippen LogP contribution >= 0.6 is 0 Å². The Morgan fingerprint density at radius 1 is 0.973 bits per heavy atom. The van der Waals surface area contributed by atoms with Crippen molar-refractivity contribution >= 4 is 27.1 Å². The van der Waals surface area contributed by atoms with Crippen LogP contribution in [0.5, 0.6) is 0 Å². The molecule has 11 heteroatoms. The van der Waals surface area contributed by atoms with E-state index in [4.69, 9.17) is 10.2 Å². The summed E-state index contributed by atoms with van der Waals surface area (Å²) in [6, 6.07) is 21.5. The molecule has 1 amide bonds. The van der Waals surface area contributed by atoms with E-state index in [0.29, 0.717) is 39.5 Å². The van der Waals surface area contributed by atoms with Crippen molar-refractivity contribution in [3.8, 4) is 22.6 Å². The van der Waals surface area contributed by atoms with Gasteiger partial charge in [0.1, 0.15) is 17.3 Å². The molecule has 3 aromatic carbocycles. The number of rotatable bonds is 7. The molecule has 0 atom stereocenters. The minimum Gasteiger partial charge on any atom is -0.431 e. The molecular formula is C26H20FN5O4S. The molecule has 0 fully saturated rings. The van der Waals surface area contributed by atoms with Crippen molar-refractivity contribution < 1.29 is 22.0 Å². The molecule has 0 saturated heterocycles. The number of amides is 1. The van der Waals surface area contributed by atoms with Gasteiger partial charge in [-0.05, 0) is 48.5 Å². The predicted octanol–water partition coefficient (Wildman–Crippen LogP) is 4.61. The molecule has 9 nitrogen and oxygen atoms in total. The number of hydrogen-bond acceptors (Lipinski definition) is 7. The number of carbonyl (C=O) groups is 1. The van der Waals surface area contributed by atoms with Crippen LogP contribution in [0, 0.1) is 6.01 Å². The molecule has 37 heavy (non-hydrogen) atoms. The molecule has 186 valence electrons. The number of halogens is 1. The zero-order valence-electron chi connectivity index (χ0n) is 19.2. The van der Waals surface area contributed by atoms with Crippen molar-refractivity contribution in [1.29, 1.82) is 0 Å². The molecule has 0 spiro atoms. The van der Waals surface area contributed by atoms with E-state index in [9.17, 15) is 17.6 Å². The largest absolute Gasteiger partial charge is 0.431 e. The highest BCUT2D eigenvalue weighted by Crippen LogP contribution is 2.29. The Morgan fingerprint density at radius 3 is 2.41 bits per heavy atom. The van der Waals surface area contributed by atoms with Gasteiger partial charge in [0.25, 0.3) is 11.9 Å². The molecule has 5 rings (SSSR count). The van der Waals surface area contributed by atoms with Gasteiger partial charge in [-0.1, -0.05) is 35.5 Å². The second kappa shape index (κ2) is 9.70. The molecule has 0 aliphatic heterocycles. The lowest BCUT2D eigenvalue weighted by Gasteiger charge is -2.10. The smallest absolute Gasteiger partial charge is 0.278 e. The molecule has 3 N–H and O–H groups in total. The van der Waals surface area contributed by atoms with Gasteiger partial charge in [-0.15, -0.1) is 5.10 Å². The van der Waals surface area contributed by atoms with Crippen molar-refractivity contribution in [3.05, 3.63) is 103 Å². The van der Waals surface area contributed by atoms with Crippen LogP contribution in [0.3, 0.4) is 0 Å². The van der Waals surface area contributed by atoms with Crippen LogP contribution in [0.4, 0.5) is 15.8 Å². The minimum absolute atomic E-state index is 0.199. The van der Waals surface area contributed by atoms with Gasteiger partial charge in [0.15, 0.2) is 9.84 Å². The molecule has 0 radical (unpaired) electrons. The summed E-state index contributed by atoms with van der Waals surface area (Å²) < 4.78 is 44.6. The Hall–Kier alpha value is -4.77. The third-order valence-electron chi connectivity index (χ3n) is 5.55. The summed E-state index contributed by atoms with van der Waals surface area (Å²) in [4.78, 5) is 13.0. The van der Waals surface area contributed by atoms with Crippen molar-refractivity contribution in [2.24, 2.45) is 0 Å². The second-order valence-electron chi connectivity index (χ2n) is 8.14. The van der Waals surface area contributed by atoms with Crippen molar-refractivity contribution in [3.63, 3.8) is 0 Å². The average molecular weight is 518 g/mol. The van der Waals surface area contributed by atoms with Crippen LogP contribution in [0.1, 0.15) is 10.4 Å². The monoisotopic (exact) mass is 517 g/mol. The van der Waals surface area contributed by atoms with E-state index in [1.807, 2.05) is 0 Å². The highest BCUT2D eigenvalue weighted by atomic mass is 32.2. The second-order valence-corrected chi connectivity index (χ2v) is 10.1. The molecule has 2 heterocycles. The highest BCUT2D eigenvalue weighted by molar-refractivity contribution is 7.90. The Morgan fingerprint density at radius 2 is 1.70 bits per heavy atom. The average Bonchev–Trinajstić information content (AvgIpc) is 3.55. The van der Waals surface area contributed by atoms with Crippen LogP contribution in [-0.4, -0.2) is 29.3 Å². The molecule has 0 unspecified atom stereocenters. The maximum Gasteiger partial charge on any atom is 0.278 e. The summed E-state index contributed by atoms with van der Waals surface area (Å²) in [7, 11) is -3.58. The summed E-state index contributed by atoms with van der Waals surface area (Å²) in [6.07, 6.45) is 1.53. The van der Waals surface area contributed by atoms with Crippen LogP contribution in [0.25, 0.3) is 22.6 Å². The fourth-order valence-electron chi connectivity index (χ4n) is 3.64. The summed E-state index contributed by atoms with van der Waals surface area (Å²) >= 11 is 0. The van der Waals surface area contributed by atoms with E-state index in [0.717, 1.165) is 0 Å². The van der Waals surface area contributed by atoms with E-state index < -0.39 is 21.8 Å². The molecule has 0 saturated carbocycles. The lowest BCUT2D eigenvalue weighted by Crippen LogP contribution is -2.13. The number of sulfone groups is 1. The fourth-order valence-corrected chi connectivity index (χ4v) is 4.84. The fraction of sp³-hybridized carbons (Fsp3) is 0.0385. The molecule has 2 aromatic heterocycles. The first-order valence-corrected chi connectivity index (χ1v) is 12.7. The Bertz CT molecular complexity index is 1680. The summed E-state index contributed by atoms with van der Waals surface area (Å²) in [6.45, 7) is 0. The Balaban J connectivity index is 1.29. The Labute approximate surface area is 211 Å². The van der Waals surface area contributed by atoms with Gasteiger partial charge in [0.05, 0.1) is 22.5 Å². The number of hydrogen-bond donors (Lipinski definition) is 2. The lowest BCUT2D eigenvalue weighted by atomic mass is 10.1. The number of anilines is 2. The zero-order chi connectivity index (χ0) is 26.0. The SMILES string of the molecule is Nc1ccc(-c2ccc(F)o2)cc1NC(=O)c1ccc(-c2cn(CS(=O)(=O)c3ccccc3)nn2)cc1. The standard InChI is InChI=1S/C26H20FN5O4S/c27-25-13-12-24(36-25)19-10-11-21(28)22(14-19)29-26(33)18-8-6-17(7-9-18)23-15-32(31-30-23)16-37(34,35)20-4-2-1-3-5-20/h1-15H,16,28H2,(H,29,33). The maximum absolute atomic E-state index is 13.2. The highest BCUT2D eigenvalue weighted by Gasteiger charge is 2.17. The van der Waals surface area contributed by atoms with Crippen molar-refractivity contribution in [2.45, 2.75) is 10.8 Å². The van der Waals surface area contributed by atoms with E-state index >= 15 is 0 Å². The number of nitrogens with two attached hydrogens (primary N) is 1. The number of carbonyl (C=O) groups excluding carboxylic acids is 1. The molecule has 0 aliphatic rings. The number of aromatic nitrogens is 3. The zero-order valence-corrected chi connectivity index (χ0v) is 20.0. The molecule has 0 aliphatic carbocycles. The normalized spacial score (nSPS) is 11.4. The van der Waals surface area contributed by atoms with Gasteiger partial charge < -0.3 is 15.5 Å². The first-order chi connectivity index (χ1) is 17.8. The third-order valence-corrected chi connectivity index (χ3v) is 7.14. The number of benzene rings is 3. The van der Waals surface area contributed by atoms with Crippen LogP contribution in [0.2, 0.25) is 0 Å². The van der Waals surface area contributed by atoms with Crippen molar-refractivity contribution in [1.82, 2.24) is 15.0 Å². The van der Waals surface area contributed by atoms with E-state index in [1.165, 1.54) is 35.1 Å². The van der Waals surface area contributed by atoms with Crippen LogP contribution in [-0.2, 0) is 15.7 Å². The van der Waals surface area contributed by atoms with Crippen LogP contribution in [0.15, 0.2) is 100 Å². The van der Waals surface area contributed by atoms with E-state index in [1.54, 1.807) is 60.7 Å². The number of furan rings is 1. The molecular weight excluding hydrogens is 497 g/mol. The first kappa shape index (κ1) is 23.9. The number of nitrogens with zero attached hydrogens (tertiary/aromatic N) is 3. The van der Waals surface area contributed by atoms with Gasteiger partial charge >= 0.3 is 0 Å². The number of nitrogen functional groups attached to an aromatic ring is 1. The summed E-state index contributed by atoms with van der Waals surface area (Å²) in [5.74, 6) is -0.448. The summed E-state index contributed by atoms with van der Waals surface area (Å²) in [5, 5.41) is 10.7. The number of nitrogens with one attached hydrogen (secondary N) is 1. The summed E-state index contributed by atoms with van der Waals surface area (Å²) in [5.41, 5.74) is 8.72.